The SMILES string of the molecule is CCCOc1ccc(NC(=O)c2ccc(N)c(Br)c2)cc1. The number of hydrogen-bond donors (Lipinski definition) is 2. The van der Waals surface area contributed by atoms with E-state index in [1.807, 2.05) is 24.3 Å². The van der Waals surface area contributed by atoms with Crippen molar-refractivity contribution in [1.29, 1.82) is 0 Å². The molecule has 2 aromatic rings. The van der Waals surface area contributed by atoms with E-state index in [-0.39, 0.29) is 5.91 Å². The van der Waals surface area contributed by atoms with Gasteiger partial charge in [0, 0.05) is 21.4 Å². The summed E-state index contributed by atoms with van der Waals surface area (Å²) < 4.78 is 6.20. The van der Waals surface area contributed by atoms with Crippen molar-refractivity contribution < 1.29 is 9.53 Å². The average molecular weight is 349 g/mol. The molecule has 4 nitrogen and oxygen atoms in total. The van der Waals surface area contributed by atoms with Crippen LogP contribution < -0.4 is 15.8 Å². The van der Waals surface area contributed by atoms with E-state index in [1.165, 1.54) is 0 Å². The highest BCUT2D eigenvalue weighted by molar-refractivity contribution is 9.10. The maximum absolute atomic E-state index is 12.1. The second kappa shape index (κ2) is 7.13. The molecule has 0 saturated carbocycles. The number of halogens is 1. The highest BCUT2D eigenvalue weighted by Gasteiger charge is 2.08. The first-order valence-corrected chi connectivity index (χ1v) is 7.48. The number of ether oxygens (including phenoxy) is 1. The molecule has 0 aliphatic heterocycles. The Kier molecular flexibility index (Phi) is 5.22. The molecule has 0 fully saturated rings. The third-order valence-electron chi connectivity index (χ3n) is 2.85. The zero-order chi connectivity index (χ0) is 15.2. The van der Waals surface area contributed by atoms with Crippen molar-refractivity contribution in [2.45, 2.75) is 13.3 Å². The summed E-state index contributed by atoms with van der Waals surface area (Å²) in [5.74, 6) is 0.614. The molecule has 0 unspecified atom stereocenters. The molecular formula is C16H17BrN2O2. The van der Waals surface area contributed by atoms with Crippen LogP contribution in [0.1, 0.15) is 23.7 Å². The lowest BCUT2D eigenvalue weighted by Crippen LogP contribution is -2.12. The van der Waals surface area contributed by atoms with Crippen LogP contribution in [0.3, 0.4) is 0 Å². The second-order valence-corrected chi connectivity index (χ2v) is 5.42. The molecular weight excluding hydrogens is 332 g/mol. The number of amides is 1. The predicted octanol–water partition coefficient (Wildman–Crippen LogP) is 4.07. The minimum absolute atomic E-state index is 0.182. The van der Waals surface area contributed by atoms with Crippen LogP contribution in [0.5, 0.6) is 5.75 Å². The van der Waals surface area contributed by atoms with Crippen LogP contribution in [0.25, 0.3) is 0 Å². The Hall–Kier alpha value is -2.01. The smallest absolute Gasteiger partial charge is 0.255 e. The van der Waals surface area contributed by atoms with Crippen molar-refractivity contribution in [3.05, 3.63) is 52.5 Å². The van der Waals surface area contributed by atoms with Crippen molar-refractivity contribution in [2.75, 3.05) is 17.7 Å². The van der Waals surface area contributed by atoms with E-state index in [2.05, 4.69) is 28.2 Å². The van der Waals surface area contributed by atoms with Crippen LogP contribution in [0.2, 0.25) is 0 Å². The Labute approximate surface area is 132 Å². The molecule has 0 aromatic heterocycles. The number of carbonyl (C=O) groups is 1. The van der Waals surface area contributed by atoms with Gasteiger partial charge in [0.2, 0.25) is 0 Å². The largest absolute Gasteiger partial charge is 0.494 e. The van der Waals surface area contributed by atoms with Crippen LogP contribution in [-0.4, -0.2) is 12.5 Å². The van der Waals surface area contributed by atoms with Gasteiger partial charge in [0.25, 0.3) is 5.91 Å². The molecule has 0 heterocycles. The summed E-state index contributed by atoms with van der Waals surface area (Å²) in [6.07, 6.45) is 0.963. The topological polar surface area (TPSA) is 64.3 Å². The quantitative estimate of drug-likeness (QED) is 0.800. The van der Waals surface area contributed by atoms with Crippen molar-refractivity contribution in [3.63, 3.8) is 0 Å². The monoisotopic (exact) mass is 348 g/mol. The lowest BCUT2D eigenvalue weighted by atomic mass is 10.2. The maximum atomic E-state index is 12.1. The number of anilines is 2. The van der Waals surface area contributed by atoms with Gasteiger partial charge in [-0.05, 0) is 64.8 Å². The number of carbonyl (C=O) groups excluding carboxylic acids is 1. The van der Waals surface area contributed by atoms with E-state index in [4.69, 9.17) is 10.5 Å². The molecule has 21 heavy (non-hydrogen) atoms. The average Bonchev–Trinajstić information content (AvgIpc) is 2.49. The molecule has 2 rings (SSSR count). The summed E-state index contributed by atoms with van der Waals surface area (Å²) in [5.41, 5.74) is 7.57. The van der Waals surface area contributed by atoms with Crippen molar-refractivity contribution in [2.24, 2.45) is 0 Å². The molecule has 0 spiro atoms. The summed E-state index contributed by atoms with van der Waals surface area (Å²) in [5, 5.41) is 2.83. The molecule has 3 N–H and O–H groups in total. The van der Waals surface area contributed by atoms with Gasteiger partial charge in [-0.25, -0.2) is 0 Å². The van der Waals surface area contributed by atoms with Gasteiger partial charge >= 0.3 is 0 Å². The molecule has 0 bridgehead atoms. The second-order valence-electron chi connectivity index (χ2n) is 4.56. The number of nitrogens with two attached hydrogens (primary N) is 1. The van der Waals surface area contributed by atoms with Gasteiger partial charge in [-0.15, -0.1) is 0 Å². The van der Waals surface area contributed by atoms with E-state index in [0.717, 1.165) is 17.9 Å². The fourth-order valence-electron chi connectivity index (χ4n) is 1.73. The van der Waals surface area contributed by atoms with Crippen LogP contribution >= 0.6 is 15.9 Å². The number of nitrogen functional groups attached to an aromatic ring is 1. The first kappa shape index (κ1) is 15.4. The van der Waals surface area contributed by atoms with Crippen LogP contribution in [-0.2, 0) is 0 Å². The number of hydrogen-bond acceptors (Lipinski definition) is 3. The van der Waals surface area contributed by atoms with Gasteiger partial charge in [-0.1, -0.05) is 6.92 Å². The minimum Gasteiger partial charge on any atom is -0.494 e. The Morgan fingerprint density at radius 2 is 1.95 bits per heavy atom. The Morgan fingerprint density at radius 3 is 2.57 bits per heavy atom. The van der Waals surface area contributed by atoms with E-state index in [9.17, 15) is 4.79 Å². The minimum atomic E-state index is -0.182. The fraction of sp³-hybridized carbons (Fsp3) is 0.188. The Balaban J connectivity index is 2.03. The third-order valence-corrected chi connectivity index (χ3v) is 3.53. The lowest BCUT2D eigenvalue weighted by Gasteiger charge is -2.08. The summed E-state index contributed by atoms with van der Waals surface area (Å²) >= 11 is 3.31. The first-order valence-electron chi connectivity index (χ1n) is 6.69. The number of rotatable bonds is 5. The molecule has 0 aliphatic carbocycles. The van der Waals surface area contributed by atoms with E-state index < -0.39 is 0 Å². The summed E-state index contributed by atoms with van der Waals surface area (Å²) in [6, 6.07) is 12.4. The van der Waals surface area contributed by atoms with Gasteiger partial charge in [0.15, 0.2) is 0 Å². The molecule has 5 heteroatoms. The maximum Gasteiger partial charge on any atom is 0.255 e. The van der Waals surface area contributed by atoms with Gasteiger partial charge in [0.1, 0.15) is 5.75 Å². The summed E-state index contributed by atoms with van der Waals surface area (Å²) in [7, 11) is 0. The molecule has 0 radical (unpaired) electrons. The first-order chi connectivity index (χ1) is 10.1. The standard InChI is InChI=1S/C16H17BrN2O2/c1-2-9-21-13-6-4-12(5-7-13)19-16(20)11-3-8-15(18)14(17)10-11/h3-8,10H,2,9,18H2,1H3,(H,19,20). The lowest BCUT2D eigenvalue weighted by molar-refractivity contribution is 0.102. The Bertz CT molecular complexity index is 627. The summed E-state index contributed by atoms with van der Waals surface area (Å²) in [6.45, 7) is 2.74. The molecule has 0 atom stereocenters. The fourth-order valence-corrected chi connectivity index (χ4v) is 2.10. The Morgan fingerprint density at radius 1 is 1.24 bits per heavy atom. The van der Waals surface area contributed by atoms with Gasteiger partial charge in [0.05, 0.1) is 6.61 Å². The molecule has 0 aliphatic rings. The molecule has 0 saturated heterocycles. The van der Waals surface area contributed by atoms with E-state index in [0.29, 0.717) is 22.3 Å². The van der Waals surface area contributed by atoms with Crippen LogP contribution in [0, 0.1) is 0 Å². The third kappa shape index (κ3) is 4.23. The zero-order valence-corrected chi connectivity index (χ0v) is 13.3. The van der Waals surface area contributed by atoms with Crippen molar-refractivity contribution in [3.8, 4) is 5.75 Å². The predicted molar refractivity (Wildman–Crippen MR) is 88.7 cm³/mol. The number of nitrogens with one attached hydrogen (secondary N) is 1. The van der Waals surface area contributed by atoms with E-state index >= 15 is 0 Å². The molecule has 1 amide bonds. The van der Waals surface area contributed by atoms with Crippen molar-refractivity contribution in [1.82, 2.24) is 0 Å². The van der Waals surface area contributed by atoms with Gasteiger partial charge < -0.3 is 15.8 Å². The van der Waals surface area contributed by atoms with Gasteiger partial charge in [-0.3, -0.25) is 4.79 Å². The van der Waals surface area contributed by atoms with Crippen molar-refractivity contribution >= 4 is 33.2 Å². The normalized spacial score (nSPS) is 10.2. The summed E-state index contributed by atoms with van der Waals surface area (Å²) in [4.78, 5) is 12.1. The van der Waals surface area contributed by atoms with E-state index in [1.54, 1.807) is 18.2 Å². The zero-order valence-electron chi connectivity index (χ0n) is 11.7. The van der Waals surface area contributed by atoms with Gasteiger partial charge in [-0.2, -0.15) is 0 Å². The molecule has 110 valence electrons. The van der Waals surface area contributed by atoms with Crippen LogP contribution in [0.4, 0.5) is 11.4 Å². The number of benzene rings is 2. The molecule has 2 aromatic carbocycles. The van der Waals surface area contributed by atoms with Crippen LogP contribution in [0.15, 0.2) is 46.9 Å². The highest BCUT2D eigenvalue weighted by atomic mass is 79.9. The highest BCUT2D eigenvalue weighted by Crippen LogP contribution is 2.21.